The number of carbonyl (C=O) groups is 1. The van der Waals surface area contributed by atoms with Crippen LogP contribution in [-0.2, 0) is 4.74 Å². The molecule has 0 atom stereocenters. The molecule has 0 spiro atoms. The number of nitrogens with zero attached hydrogens (tertiary/aromatic N) is 3. The smallest absolute Gasteiger partial charge is 0.274 e. The first-order valence-corrected chi connectivity index (χ1v) is 9.19. The molecule has 1 fully saturated rings. The lowest BCUT2D eigenvalue weighted by Crippen LogP contribution is -2.44. The topological polar surface area (TPSA) is 69.7 Å². The van der Waals surface area contributed by atoms with Gasteiger partial charge in [0.15, 0.2) is 0 Å². The van der Waals surface area contributed by atoms with E-state index < -0.39 is 0 Å². The fourth-order valence-corrected chi connectivity index (χ4v) is 2.98. The van der Waals surface area contributed by atoms with E-state index >= 15 is 0 Å². The normalized spacial score (nSPS) is 14.8. The van der Waals surface area contributed by atoms with Crippen molar-refractivity contribution in [2.75, 3.05) is 69.0 Å². The second-order valence-electron chi connectivity index (χ2n) is 6.64. The molecule has 2 N–H and O–H groups in total. The Hall–Kier alpha value is -2.64. The number of carbonyl (C=O) groups excluding carboxylic acids is 1. The van der Waals surface area contributed by atoms with Gasteiger partial charge in [-0.25, -0.2) is 0 Å². The van der Waals surface area contributed by atoms with Crippen LogP contribution < -0.4 is 15.5 Å². The van der Waals surface area contributed by atoms with Crippen LogP contribution in [0.5, 0.6) is 0 Å². The lowest BCUT2D eigenvalue weighted by atomic mass is 10.2. The molecule has 1 aliphatic rings. The van der Waals surface area contributed by atoms with Crippen molar-refractivity contribution in [3.63, 3.8) is 0 Å². The van der Waals surface area contributed by atoms with Crippen LogP contribution in [0.15, 0.2) is 42.6 Å². The first-order valence-electron chi connectivity index (χ1n) is 9.19. The number of methoxy groups -OCH3 is 1. The first kappa shape index (κ1) is 19.1. The molecule has 1 aliphatic heterocycles. The number of hydrogen-bond donors (Lipinski definition) is 2. The number of aromatic nitrogens is 1. The largest absolute Gasteiger partial charge is 0.383 e. The molecule has 1 saturated heterocycles. The Bertz CT molecular complexity index is 742. The highest BCUT2D eigenvalue weighted by Gasteiger charge is 2.14. The summed E-state index contributed by atoms with van der Waals surface area (Å²) in [4.78, 5) is 21.3. The molecular formula is C20H27N5O2. The van der Waals surface area contributed by atoms with Crippen molar-refractivity contribution < 1.29 is 9.53 Å². The molecule has 1 aromatic heterocycles. The predicted molar refractivity (Wildman–Crippen MR) is 109 cm³/mol. The minimum absolute atomic E-state index is 0.224. The van der Waals surface area contributed by atoms with Crippen LogP contribution in [0.3, 0.4) is 0 Å². The maximum Gasteiger partial charge on any atom is 0.274 e. The summed E-state index contributed by atoms with van der Waals surface area (Å²) in [5.74, 6) is -0.224. The third kappa shape index (κ3) is 5.42. The average Bonchev–Trinajstić information content (AvgIpc) is 2.70. The Labute approximate surface area is 160 Å². The summed E-state index contributed by atoms with van der Waals surface area (Å²) >= 11 is 0. The summed E-state index contributed by atoms with van der Waals surface area (Å²) < 4.78 is 5.02. The summed E-state index contributed by atoms with van der Waals surface area (Å²) in [7, 11) is 3.80. The van der Waals surface area contributed by atoms with Crippen LogP contribution in [0.4, 0.5) is 17.1 Å². The van der Waals surface area contributed by atoms with Crippen molar-refractivity contribution in [1.29, 1.82) is 0 Å². The van der Waals surface area contributed by atoms with Crippen molar-refractivity contribution in [2.24, 2.45) is 0 Å². The van der Waals surface area contributed by atoms with E-state index in [0.717, 1.165) is 37.6 Å². The highest BCUT2D eigenvalue weighted by Crippen LogP contribution is 2.20. The second-order valence-corrected chi connectivity index (χ2v) is 6.64. The molecule has 0 saturated carbocycles. The Morgan fingerprint density at radius 1 is 1.11 bits per heavy atom. The fraction of sp³-hybridized carbons (Fsp3) is 0.400. The molecule has 7 heteroatoms. The monoisotopic (exact) mass is 369 g/mol. The van der Waals surface area contributed by atoms with Gasteiger partial charge < -0.3 is 25.2 Å². The van der Waals surface area contributed by atoms with Crippen LogP contribution in [0.2, 0.25) is 0 Å². The predicted octanol–water partition coefficient (Wildman–Crippen LogP) is 2.14. The highest BCUT2D eigenvalue weighted by molar-refractivity contribution is 6.03. The molecule has 3 rings (SSSR count). The van der Waals surface area contributed by atoms with Gasteiger partial charge in [0.1, 0.15) is 5.69 Å². The molecule has 2 heterocycles. The molecule has 0 unspecified atom stereocenters. The SMILES string of the molecule is COCCNc1ccnc(C(=O)Nc2ccc(N3CCN(C)CC3)cc2)c1. The van der Waals surface area contributed by atoms with Crippen molar-refractivity contribution in [3.8, 4) is 0 Å². The van der Waals surface area contributed by atoms with Gasteiger partial charge in [0.2, 0.25) is 0 Å². The molecule has 144 valence electrons. The molecule has 0 radical (unpaired) electrons. The number of nitrogens with one attached hydrogen (secondary N) is 2. The average molecular weight is 369 g/mol. The van der Waals surface area contributed by atoms with Crippen LogP contribution in [-0.4, -0.2) is 69.3 Å². The Morgan fingerprint density at radius 3 is 2.56 bits per heavy atom. The van der Waals surface area contributed by atoms with E-state index in [1.54, 1.807) is 19.4 Å². The third-order valence-electron chi connectivity index (χ3n) is 4.62. The fourth-order valence-electron chi connectivity index (χ4n) is 2.98. The van der Waals surface area contributed by atoms with E-state index in [2.05, 4.69) is 44.6 Å². The lowest BCUT2D eigenvalue weighted by molar-refractivity contribution is 0.102. The molecule has 27 heavy (non-hydrogen) atoms. The minimum atomic E-state index is -0.224. The number of hydrogen-bond acceptors (Lipinski definition) is 6. The number of amides is 1. The Kier molecular flexibility index (Phi) is 6.62. The number of pyridine rings is 1. The number of piperazine rings is 1. The van der Waals surface area contributed by atoms with E-state index in [0.29, 0.717) is 18.8 Å². The van der Waals surface area contributed by atoms with Gasteiger partial charge in [0, 0.05) is 63.1 Å². The molecule has 2 aromatic rings. The van der Waals surface area contributed by atoms with Crippen LogP contribution in [0.1, 0.15) is 10.5 Å². The summed E-state index contributed by atoms with van der Waals surface area (Å²) in [6.45, 7) is 5.46. The number of benzene rings is 1. The lowest BCUT2D eigenvalue weighted by Gasteiger charge is -2.34. The van der Waals surface area contributed by atoms with E-state index in [4.69, 9.17) is 4.74 Å². The number of likely N-dealkylation sites (N-methyl/N-ethyl adjacent to an activating group) is 1. The molecule has 1 aromatic carbocycles. The van der Waals surface area contributed by atoms with E-state index in [1.807, 2.05) is 18.2 Å². The van der Waals surface area contributed by atoms with Crippen LogP contribution >= 0.6 is 0 Å². The zero-order valence-corrected chi connectivity index (χ0v) is 15.9. The Morgan fingerprint density at radius 2 is 1.85 bits per heavy atom. The van der Waals surface area contributed by atoms with Gasteiger partial charge in [-0.05, 0) is 43.4 Å². The summed E-state index contributed by atoms with van der Waals surface area (Å²) in [6.07, 6.45) is 1.63. The van der Waals surface area contributed by atoms with E-state index in [9.17, 15) is 4.79 Å². The van der Waals surface area contributed by atoms with Gasteiger partial charge in [0.25, 0.3) is 5.91 Å². The number of anilines is 3. The zero-order chi connectivity index (χ0) is 19.1. The third-order valence-corrected chi connectivity index (χ3v) is 4.62. The van der Waals surface area contributed by atoms with Crippen molar-refractivity contribution in [1.82, 2.24) is 9.88 Å². The minimum Gasteiger partial charge on any atom is -0.383 e. The number of ether oxygens (including phenoxy) is 1. The van der Waals surface area contributed by atoms with Gasteiger partial charge in [0.05, 0.1) is 6.61 Å². The van der Waals surface area contributed by atoms with Gasteiger partial charge in [-0.1, -0.05) is 0 Å². The molecule has 1 amide bonds. The molecule has 7 nitrogen and oxygen atoms in total. The highest BCUT2D eigenvalue weighted by atomic mass is 16.5. The standard InChI is InChI=1S/C20H27N5O2/c1-24-10-12-25(13-11-24)18-5-3-16(4-6-18)23-20(26)19-15-17(7-8-22-19)21-9-14-27-2/h3-8,15H,9-14H2,1-2H3,(H,21,22)(H,23,26). The second kappa shape index (κ2) is 9.34. The van der Waals surface area contributed by atoms with Gasteiger partial charge >= 0.3 is 0 Å². The molecule has 0 aliphatic carbocycles. The van der Waals surface area contributed by atoms with Crippen molar-refractivity contribution >= 4 is 23.0 Å². The van der Waals surface area contributed by atoms with Gasteiger partial charge in [-0.2, -0.15) is 0 Å². The van der Waals surface area contributed by atoms with Gasteiger partial charge in [-0.15, -0.1) is 0 Å². The summed E-state index contributed by atoms with van der Waals surface area (Å²) in [5, 5.41) is 6.11. The first-order chi connectivity index (χ1) is 13.2. The maximum absolute atomic E-state index is 12.5. The van der Waals surface area contributed by atoms with Crippen LogP contribution in [0, 0.1) is 0 Å². The van der Waals surface area contributed by atoms with Crippen LogP contribution in [0.25, 0.3) is 0 Å². The Balaban J connectivity index is 1.58. The molecular weight excluding hydrogens is 342 g/mol. The van der Waals surface area contributed by atoms with Gasteiger partial charge in [-0.3, -0.25) is 9.78 Å². The van der Waals surface area contributed by atoms with Crippen molar-refractivity contribution in [2.45, 2.75) is 0 Å². The van der Waals surface area contributed by atoms with Crippen molar-refractivity contribution in [3.05, 3.63) is 48.3 Å². The quantitative estimate of drug-likeness (QED) is 0.729. The zero-order valence-electron chi connectivity index (χ0n) is 15.9. The van der Waals surface area contributed by atoms with E-state index in [1.165, 1.54) is 5.69 Å². The summed E-state index contributed by atoms with van der Waals surface area (Å²) in [6, 6.07) is 11.5. The van der Waals surface area contributed by atoms with E-state index in [-0.39, 0.29) is 5.91 Å². The maximum atomic E-state index is 12.5. The number of rotatable bonds is 7. The summed E-state index contributed by atoms with van der Waals surface area (Å²) in [5.41, 5.74) is 3.17. The molecule has 0 bridgehead atoms.